The second kappa shape index (κ2) is 7.54. The highest BCUT2D eigenvalue weighted by molar-refractivity contribution is 5.98. The van der Waals surface area contributed by atoms with Gasteiger partial charge in [-0.3, -0.25) is 14.9 Å². The summed E-state index contributed by atoms with van der Waals surface area (Å²) in [5.74, 6) is -1.22. The lowest BCUT2D eigenvalue weighted by Gasteiger charge is -2.08. The van der Waals surface area contributed by atoms with E-state index in [9.17, 15) is 19.3 Å². The lowest BCUT2D eigenvalue weighted by molar-refractivity contribution is -0.385. The highest BCUT2D eigenvalue weighted by atomic mass is 19.1. The van der Waals surface area contributed by atoms with Crippen LogP contribution in [-0.4, -0.2) is 29.1 Å². The molecule has 0 heterocycles. The third-order valence-corrected chi connectivity index (χ3v) is 2.87. The predicted octanol–water partition coefficient (Wildman–Crippen LogP) is 1.87. The standard InChI is InChI=1S/C13H17FN2O4/c1-9(8-17)3-2-6-15-13(18)11-5-4-10(14)7-12(11)16(19)20/h4-5,7,9,17H,2-3,6,8H2,1H3,(H,15,18). The number of aliphatic hydroxyl groups excluding tert-OH is 1. The molecule has 6 nitrogen and oxygen atoms in total. The first-order valence-corrected chi connectivity index (χ1v) is 6.28. The summed E-state index contributed by atoms with van der Waals surface area (Å²) in [4.78, 5) is 21.8. The smallest absolute Gasteiger partial charge is 0.285 e. The number of nitrogens with zero attached hydrogens (tertiary/aromatic N) is 1. The van der Waals surface area contributed by atoms with E-state index in [2.05, 4.69) is 5.32 Å². The molecule has 0 spiro atoms. The van der Waals surface area contributed by atoms with E-state index < -0.39 is 22.3 Å². The number of nitro groups is 1. The third kappa shape index (κ3) is 4.58. The molecule has 110 valence electrons. The average Bonchev–Trinajstić information content (AvgIpc) is 2.42. The van der Waals surface area contributed by atoms with Crippen LogP contribution in [0.3, 0.4) is 0 Å². The average molecular weight is 284 g/mol. The van der Waals surface area contributed by atoms with Crippen LogP contribution in [0, 0.1) is 21.8 Å². The minimum Gasteiger partial charge on any atom is -0.396 e. The summed E-state index contributed by atoms with van der Waals surface area (Å²) in [5, 5.41) is 22.2. The van der Waals surface area contributed by atoms with E-state index in [1.807, 2.05) is 6.92 Å². The Kier molecular flexibility index (Phi) is 6.05. The van der Waals surface area contributed by atoms with E-state index in [1.165, 1.54) is 0 Å². The highest BCUT2D eigenvalue weighted by Gasteiger charge is 2.20. The fourth-order valence-electron chi connectivity index (χ4n) is 1.69. The van der Waals surface area contributed by atoms with E-state index in [-0.39, 0.29) is 18.1 Å². The Labute approximate surface area is 115 Å². The van der Waals surface area contributed by atoms with Crippen LogP contribution >= 0.6 is 0 Å². The SMILES string of the molecule is CC(CO)CCCNC(=O)c1ccc(F)cc1[N+](=O)[O-]. The molecule has 0 radical (unpaired) electrons. The van der Waals surface area contributed by atoms with Gasteiger partial charge in [-0.05, 0) is 30.9 Å². The van der Waals surface area contributed by atoms with Gasteiger partial charge >= 0.3 is 0 Å². The highest BCUT2D eigenvalue weighted by Crippen LogP contribution is 2.19. The maximum absolute atomic E-state index is 12.9. The Balaban J connectivity index is 2.62. The van der Waals surface area contributed by atoms with Crippen LogP contribution in [0.25, 0.3) is 0 Å². The maximum Gasteiger partial charge on any atom is 0.285 e. The van der Waals surface area contributed by atoms with Gasteiger partial charge in [-0.2, -0.15) is 0 Å². The van der Waals surface area contributed by atoms with Gasteiger partial charge in [-0.25, -0.2) is 4.39 Å². The lowest BCUT2D eigenvalue weighted by Crippen LogP contribution is -2.25. The summed E-state index contributed by atoms with van der Waals surface area (Å²) < 4.78 is 12.9. The molecule has 1 unspecified atom stereocenters. The number of halogens is 1. The zero-order chi connectivity index (χ0) is 15.1. The Hall–Kier alpha value is -2.02. The van der Waals surface area contributed by atoms with Gasteiger partial charge in [0.2, 0.25) is 0 Å². The molecule has 1 rings (SSSR count). The van der Waals surface area contributed by atoms with Crippen molar-refractivity contribution in [3.63, 3.8) is 0 Å². The molecule has 0 saturated heterocycles. The molecule has 1 amide bonds. The van der Waals surface area contributed by atoms with Gasteiger partial charge < -0.3 is 10.4 Å². The molecular weight excluding hydrogens is 267 g/mol. The first-order chi connectivity index (χ1) is 9.45. The van der Waals surface area contributed by atoms with Crippen molar-refractivity contribution >= 4 is 11.6 Å². The number of nitro benzene ring substituents is 1. The molecule has 2 N–H and O–H groups in total. The molecule has 0 fully saturated rings. The van der Waals surface area contributed by atoms with Crippen LogP contribution in [0.15, 0.2) is 18.2 Å². The van der Waals surface area contributed by atoms with Crippen molar-refractivity contribution in [2.24, 2.45) is 5.92 Å². The van der Waals surface area contributed by atoms with Crippen LogP contribution in [0.2, 0.25) is 0 Å². The predicted molar refractivity (Wildman–Crippen MR) is 70.9 cm³/mol. The van der Waals surface area contributed by atoms with Gasteiger partial charge in [0.1, 0.15) is 11.4 Å². The van der Waals surface area contributed by atoms with E-state index in [4.69, 9.17) is 5.11 Å². The quantitative estimate of drug-likeness (QED) is 0.454. The minimum absolute atomic E-state index is 0.0807. The summed E-state index contributed by atoms with van der Waals surface area (Å²) >= 11 is 0. The fourth-order valence-corrected chi connectivity index (χ4v) is 1.69. The molecule has 0 aliphatic rings. The first-order valence-electron chi connectivity index (χ1n) is 6.28. The topological polar surface area (TPSA) is 92.5 Å². The zero-order valence-electron chi connectivity index (χ0n) is 11.1. The number of benzene rings is 1. The van der Waals surface area contributed by atoms with Crippen LogP contribution < -0.4 is 5.32 Å². The van der Waals surface area contributed by atoms with Crippen LogP contribution in [-0.2, 0) is 0 Å². The number of hydrogen-bond donors (Lipinski definition) is 2. The summed E-state index contributed by atoms with van der Waals surface area (Å²) in [6.45, 7) is 2.31. The van der Waals surface area contributed by atoms with E-state index in [1.54, 1.807) is 0 Å². The molecule has 0 aliphatic carbocycles. The Morgan fingerprint density at radius 1 is 1.55 bits per heavy atom. The van der Waals surface area contributed by atoms with Crippen molar-refractivity contribution in [3.05, 3.63) is 39.7 Å². The van der Waals surface area contributed by atoms with Gasteiger partial charge in [-0.1, -0.05) is 6.92 Å². The molecule has 7 heteroatoms. The van der Waals surface area contributed by atoms with Crippen molar-refractivity contribution in [2.75, 3.05) is 13.2 Å². The molecule has 20 heavy (non-hydrogen) atoms. The largest absolute Gasteiger partial charge is 0.396 e. The number of amides is 1. The van der Waals surface area contributed by atoms with Crippen molar-refractivity contribution in [3.8, 4) is 0 Å². The normalized spacial score (nSPS) is 11.9. The van der Waals surface area contributed by atoms with E-state index in [0.717, 1.165) is 24.6 Å². The molecule has 1 aromatic carbocycles. The van der Waals surface area contributed by atoms with Crippen molar-refractivity contribution in [1.82, 2.24) is 5.32 Å². The van der Waals surface area contributed by atoms with Crippen LogP contribution in [0.1, 0.15) is 30.1 Å². The second-order valence-corrected chi connectivity index (χ2v) is 4.60. The molecule has 1 aromatic rings. The number of nitrogens with one attached hydrogen (secondary N) is 1. The van der Waals surface area contributed by atoms with Gasteiger partial charge in [0.15, 0.2) is 0 Å². The van der Waals surface area contributed by atoms with Crippen molar-refractivity contribution in [2.45, 2.75) is 19.8 Å². The Bertz CT molecular complexity index is 493. The van der Waals surface area contributed by atoms with Gasteiger partial charge in [0.25, 0.3) is 11.6 Å². The van der Waals surface area contributed by atoms with E-state index >= 15 is 0 Å². The Morgan fingerprint density at radius 3 is 2.85 bits per heavy atom. The van der Waals surface area contributed by atoms with Crippen LogP contribution in [0.5, 0.6) is 0 Å². The summed E-state index contributed by atoms with van der Waals surface area (Å²) in [7, 11) is 0. The number of hydrogen-bond acceptors (Lipinski definition) is 4. The minimum atomic E-state index is -0.786. The molecule has 0 bridgehead atoms. The molecule has 1 atom stereocenters. The molecule has 0 aromatic heterocycles. The van der Waals surface area contributed by atoms with Gasteiger partial charge in [-0.15, -0.1) is 0 Å². The number of carbonyl (C=O) groups excluding carboxylic acids is 1. The molecule has 0 aliphatic heterocycles. The zero-order valence-corrected chi connectivity index (χ0v) is 11.1. The van der Waals surface area contributed by atoms with Gasteiger partial charge in [0.05, 0.1) is 11.0 Å². The van der Waals surface area contributed by atoms with Crippen LogP contribution in [0.4, 0.5) is 10.1 Å². The number of aliphatic hydroxyl groups is 1. The summed E-state index contributed by atoms with van der Waals surface area (Å²) in [5.41, 5.74) is -0.710. The first kappa shape index (κ1) is 16.0. The monoisotopic (exact) mass is 284 g/mol. The molecular formula is C13H17FN2O4. The summed E-state index contributed by atoms with van der Waals surface area (Å²) in [6.07, 6.45) is 1.39. The fraction of sp³-hybridized carbons (Fsp3) is 0.462. The number of rotatable bonds is 7. The Morgan fingerprint density at radius 2 is 2.25 bits per heavy atom. The maximum atomic E-state index is 12.9. The third-order valence-electron chi connectivity index (χ3n) is 2.87. The number of carbonyl (C=O) groups is 1. The van der Waals surface area contributed by atoms with Crippen molar-refractivity contribution in [1.29, 1.82) is 0 Å². The van der Waals surface area contributed by atoms with Crippen molar-refractivity contribution < 1.29 is 19.2 Å². The van der Waals surface area contributed by atoms with Gasteiger partial charge in [0, 0.05) is 13.2 Å². The summed E-state index contributed by atoms with van der Waals surface area (Å²) in [6, 6.07) is 2.83. The van der Waals surface area contributed by atoms with E-state index in [0.29, 0.717) is 13.0 Å². The lowest BCUT2D eigenvalue weighted by atomic mass is 10.1. The molecule has 0 saturated carbocycles. The second-order valence-electron chi connectivity index (χ2n) is 4.60.